The van der Waals surface area contributed by atoms with Crippen LogP contribution in [0, 0.1) is 5.92 Å². The van der Waals surface area contributed by atoms with Crippen molar-refractivity contribution in [1.82, 2.24) is 5.32 Å². The van der Waals surface area contributed by atoms with Gasteiger partial charge in [0.2, 0.25) is 5.91 Å². The van der Waals surface area contributed by atoms with E-state index in [0.29, 0.717) is 25.2 Å². The SMILES string of the molecule is CC(=O)OC12CC[C@H](NC(=O)CCCCCc3ccccc3)C[C@@]1(c1cccc(O)c1)CC[N@@+](C)(CC(C)C)C2. The molecule has 6 heteroatoms. The number of fused-ring (bicyclic) bond motifs is 1. The first kappa shape index (κ1) is 30.1. The highest BCUT2D eigenvalue weighted by atomic mass is 16.6. The summed E-state index contributed by atoms with van der Waals surface area (Å²) in [5, 5.41) is 13.8. The highest BCUT2D eigenvalue weighted by molar-refractivity contribution is 5.76. The number of benzene rings is 2. The van der Waals surface area contributed by atoms with Crippen LogP contribution in [0.1, 0.15) is 83.3 Å². The summed E-state index contributed by atoms with van der Waals surface area (Å²) >= 11 is 0. The lowest BCUT2D eigenvalue weighted by Gasteiger charge is -2.61. The molecule has 1 amide bonds. The number of aryl methyl sites for hydroxylation is 1. The molecule has 0 bridgehead atoms. The smallest absolute Gasteiger partial charge is 0.303 e. The van der Waals surface area contributed by atoms with Gasteiger partial charge in [0.1, 0.15) is 12.3 Å². The van der Waals surface area contributed by atoms with Crippen molar-refractivity contribution in [3.05, 3.63) is 65.7 Å². The van der Waals surface area contributed by atoms with Crippen LogP contribution >= 0.6 is 0 Å². The quantitative estimate of drug-likeness (QED) is 0.208. The van der Waals surface area contributed by atoms with E-state index in [1.54, 1.807) is 6.07 Å². The zero-order chi connectivity index (χ0) is 28.8. The second-order valence-electron chi connectivity index (χ2n) is 13.1. The van der Waals surface area contributed by atoms with Crippen molar-refractivity contribution in [3.63, 3.8) is 0 Å². The van der Waals surface area contributed by atoms with Crippen LogP contribution in [0.15, 0.2) is 54.6 Å². The van der Waals surface area contributed by atoms with Gasteiger partial charge in [-0.3, -0.25) is 9.59 Å². The molecule has 1 unspecified atom stereocenters. The Labute approximate surface area is 240 Å². The minimum absolute atomic E-state index is 0.00445. The number of hydrogen-bond donors (Lipinski definition) is 2. The predicted octanol–water partition coefficient (Wildman–Crippen LogP) is 5.91. The minimum atomic E-state index is -0.687. The number of phenolic OH excluding ortho intramolecular Hbond substituents is 1. The van der Waals surface area contributed by atoms with Gasteiger partial charge in [0.15, 0.2) is 5.60 Å². The number of likely N-dealkylation sites (tertiary alicyclic amines) is 1. The first-order valence-corrected chi connectivity index (χ1v) is 15.2. The van der Waals surface area contributed by atoms with E-state index in [1.807, 2.05) is 18.2 Å². The van der Waals surface area contributed by atoms with Gasteiger partial charge in [0.25, 0.3) is 0 Å². The highest BCUT2D eigenvalue weighted by Crippen LogP contribution is 2.55. The number of nitrogens with zero attached hydrogens (tertiary/aromatic N) is 1. The third kappa shape index (κ3) is 7.06. The van der Waals surface area contributed by atoms with Crippen molar-refractivity contribution >= 4 is 11.9 Å². The van der Waals surface area contributed by atoms with Gasteiger partial charge in [-0.25, -0.2) is 0 Å². The summed E-state index contributed by atoms with van der Waals surface area (Å²) in [6, 6.07) is 18.0. The van der Waals surface area contributed by atoms with Gasteiger partial charge in [0.05, 0.1) is 20.1 Å². The average molecular weight is 550 g/mol. The van der Waals surface area contributed by atoms with Crippen LogP contribution in [-0.2, 0) is 26.2 Å². The molecule has 2 aromatic carbocycles. The number of quaternary nitrogens is 1. The zero-order valence-corrected chi connectivity index (χ0v) is 25.0. The second-order valence-corrected chi connectivity index (χ2v) is 13.1. The lowest BCUT2D eigenvalue weighted by molar-refractivity contribution is -0.925. The van der Waals surface area contributed by atoms with E-state index < -0.39 is 11.0 Å². The molecule has 1 saturated carbocycles. The number of nitrogens with one attached hydrogen (secondary N) is 1. The van der Waals surface area contributed by atoms with Gasteiger partial charge in [-0.1, -0.05) is 62.7 Å². The summed E-state index contributed by atoms with van der Waals surface area (Å²) < 4.78 is 7.24. The maximum atomic E-state index is 13.0. The molecule has 0 radical (unpaired) electrons. The third-order valence-electron chi connectivity index (χ3n) is 9.20. The van der Waals surface area contributed by atoms with Crippen LogP contribution in [0.2, 0.25) is 0 Å². The van der Waals surface area contributed by atoms with Crippen LogP contribution in [0.3, 0.4) is 0 Å². The molecule has 1 heterocycles. The largest absolute Gasteiger partial charge is 0.508 e. The highest BCUT2D eigenvalue weighted by Gasteiger charge is 2.64. The molecule has 40 heavy (non-hydrogen) atoms. The van der Waals surface area contributed by atoms with Crippen molar-refractivity contribution in [2.75, 3.05) is 26.7 Å². The van der Waals surface area contributed by atoms with E-state index in [-0.39, 0.29) is 23.7 Å². The molecule has 1 aliphatic heterocycles. The molecule has 2 aliphatic rings. The van der Waals surface area contributed by atoms with E-state index in [2.05, 4.69) is 56.5 Å². The number of unbranched alkanes of at least 4 members (excludes halogenated alkanes) is 2. The Bertz CT molecular complexity index is 1150. The second kappa shape index (κ2) is 12.8. The number of ether oxygens (including phenoxy) is 1. The van der Waals surface area contributed by atoms with E-state index >= 15 is 0 Å². The Balaban J connectivity index is 1.48. The van der Waals surface area contributed by atoms with Crippen molar-refractivity contribution in [2.24, 2.45) is 5.92 Å². The molecular weight excluding hydrogens is 500 g/mol. The number of aromatic hydroxyl groups is 1. The average Bonchev–Trinajstić information content (AvgIpc) is 2.88. The number of esters is 1. The maximum Gasteiger partial charge on any atom is 0.303 e. The first-order valence-electron chi connectivity index (χ1n) is 15.2. The van der Waals surface area contributed by atoms with Gasteiger partial charge in [-0.2, -0.15) is 0 Å². The standard InChI is InChI=1S/C34H48N2O4/c1-26(2)24-36(4)21-20-33(29-15-11-16-31(38)22-29)23-30(18-19-34(33,25-36)40-27(3)37)35-32(39)17-10-6-9-14-28-12-7-5-8-13-28/h5,7-8,11-13,15-16,22,26,30H,6,9-10,14,17-21,23-25H2,1-4H3,(H-,35,38,39)/p+1/t30-,33+,34?,36-/m0/s1. The molecule has 4 atom stereocenters. The fraction of sp³-hybridized carbons (Fsp3) is 0.588. The zero-order valence-electron chi connectivity index (χ0n) is 25.0. The van der Waals surface area contributed by atoms with Crippen LogP contribution in [0.5, 0.6) is 5.75 Å². The molecule has 2 N–H and O–H groups in total. The fourth-order valence-corrected chi connectivity index (χ4v) is 7.75. The molecule has 218 valence electrons. The summed E-state index contributed by atoms with van der Waals surface area (Å²) in [7, 11) is 2.28. The number of phenols is 1. The number of carbonyl (C=O) groups excluding carboxylic acids is 2. The first-order chi connectivity index (χ1) is 19.0. The topological polar surface area (TPSA) is 75.6 Å². The number of amides is 1. The van der Waals surface area contributed by atoms with Crippen LogP contribution < -0.4 is 5.32 Å². The van der Waals surface area contributed by atoms with Crippen molar-refractivity contribution in [3.8, 4) is 5.75 Å². The van der Waals surface area contributed by atoms with E-state index in [4.69, 9.17) is 4.74 Å². The van der Waals surface area contributed by atoms with Crippen molar-refractivity contribution in [1.29, 1.82) is 0 Å². The summed E-state index contributed by atoms with van der Waals surface area (Å²) in [4.78, 5) is 25.7. The van der Waals surface area contributed by atoms with E-state index in [0.717, 1.165) is 68.2 Å². The molecule has 2 fully saturated rings. The predicted molar refractivity (Wildman–Crippen MR) is 159 cm³/mol. The molecule has 0 aromatic heterocycles. The number of likely N-dealkylation sites (N-methyl/N-ethyl adjacent to an activating group) is 1. The van der Waals surface area contributed by atoms with Gasteiger partial charge in [0, 0.05) is 37.1 Å². The Morgan fingerprint density at radius 2 is 1.85 bits per heavy atom. The summed E-state index contributed by atoms with van der Waals surface area (Å²) in [6.07, 6.45) is 7.57. The molecule has 4 rings (SSSR count). The fourth-order valence-electron chi connectivity index (χ4n) is 7.75. The van der Waals surface area contributed by atoms with Crippen molar-refractivity contribution in [2.45, 2.75) is 95.6 Å². The number of piperidine rings is 1. The van der Waals surface area contributed by atoms with Gasteiger partial charge < -0.3 is 19.6 Å². The monoisotopic (exact) mass is 549 g/mol. The third-order valence-corrected chi connectivity index (χ3v) is 9.20. The Kier molecular flexibility index (Phi) is 9.60. The normalized spacial score (nSPS) is 28.1. The molecule has 6 nitrogen and oxygen atoms in total. The van der Waals surface area contributed by atoms with Gasteiger partial charge >= 0.3 is 5.97 Å². The molecule has 2 aromatic rings. The lowest BCUT2D eigenvalue weighted by Crippen LogP contribution is -2.73. The number of carbonyl (C=O) groups is 2. The molecule has 0 spiro atoms. The lowest BCUT2D eigenvalue weighted by atomic mass is 9.54. The summed E-state index contributed by atoms with van der Waals surface area (Å²) in [5.41, 5.74) is 1.19. The Morgan fingerprint density at radius 3 is 2.55 bits per heavy atom. The van der Waals surface area contributed by atoms with E-state index in [9.17, 15) is 14.7 Å². The summed E-state index contributed by atoms with van der Waals surface area (Å²) in [5.74, 6) is 0.582. The molecule has 1 saturated heterocycles. The Morgan fingerprint density at radius 1 is 1.07 bits per heavy atom. The maximum absolute atomic E-state index is 13.0. The summed E-state index contributed by atoms with van der Waals surface area (Å²) in [6.45, 7) is 8.71. The molecule has 1 aliphatic carbocycles. The van der Waals surface area contributed by atoms with E-state index in [1.165, 1.54) is 12.5 Å². The van der Waals surface area contributed by atoms with Crippen LogP contribution in [-0.4, -0.2) is 59.8 Å². The van der Waals surface area contributed by atoms with Gasteiger partial charge in [-0.05, 0) is 61.8 Å². The van der Waals surface area contributed by atoms with Crippen LogP contribution in [0.25, 0.3) is 0 Å². The van der Waals surface area contributed by atoms with Crippen molar-refractivity contribution < 1.29 is 23.9 Å². The van der Waals surface area contributed by atoms with Gasteiger partial charge in [-0.15, -0.1) is 0 Å². The number of hydrogen-bond acceptors (Lipinski definition) is 4. The van der Waals surface area contributed by atoms with Crippen LogP contribution in [0.4, 0.5) is 0 Å². The number of rotatable bonds is 11. The Hall–Kier alpha value is -2.86. The molecular formula is C34H49N2O4+. The minimum Gasteiger partial charge on any atom is -0.508 e.